The van der Waals surface area contributed by atoms with Crippen molar-refractivity contribution in [1.82, 2.24) is 0 Å². The first-order valence-corrected chi connectivity index (χ1v) is 5.08. The van der Waals surface area contributed by atoms with Gasteiger partial charge in [0.05, 0.1) is 0 Å². The molecule has 0 saturated carbocycles. The lowest BCUT2D eigenvalue weighted by molar-refractivity contribution is 0.723. The molecule has 1 N–H and O–H groups in total. The van der Waals surface area contributed by atoms with E-state index in [4.69, 9.17) is 5.41 Å². The second kappa shape index (κ2) is 6.36. The van der Waals surface area contributed by atoms with Crippen LogP contribution in [0.4, 0.5) is 0 Å². The smallest absolute Gasteiger partial charge is 0.0177 e. The largest absolute Gasteiger partial charge is 0.309 e. The number of nitrogens with one attached hydrogen (secondary N) is 1. The van der Waals surface area contributed by atoms with Crippen LogP contribution in [0.5, 0.6) is 0 Å². The van der Waals surface area contributed by atoms with Crippen LogP contribution < -0.4 is 0 Å². The molecule has 0 rings (SSSR count). The van der Waals surface area contributed by atoms with Gasteiger partial charge in [-0.05, 0) is 29.1 Å². The van der Waals surface area contributed by atoms with E-state index in [2.05, 4.69) is 34.3 Å². The monoisotopic (exact) mass is 191 g/mol. The minimum absolute atomic E-state index is 0.474. The maximum Gasteiger partial charge on any atom is 0.0177 e. The number of rotatable bonds is 5. The van der Waals surface area contributed by atoms with Crippen molar-refractivity contribution in [2.24, 2.45) is 11.8 Å². The zero-order chi connectivity index (χ0) is 11.1. The molecule has 0 aliphatic carbocycles. The van der Waals surface area contributed by atoms with Crippen LogP contribution in [0.1, 0.15) is 27.7 Å². The summed E-state index contributed by atoms with van der Waals surface area (Å²) in [4.78, 5) is 0. The molecule has 0 aromatic carbocycles. The van der Waals surface area contributed by atoms with Gasteiger partial charge in [0.2, 0.25) is 0 Å². The molecule has 0 aliphatic heterocycles. The zero-order valence-corrected chi connectivity index (χ0v) is 9.67. The minimum Gasteiger partial charge on any atom is -0.309 e. The van der Waals surface area contributed by atoms with Crippen LogP contribution in [0.2, 0.25) is 0 Å². The zero-order valence-electron chi connectivity index (χ0n) is 9.67. The predicted molar refractivity (Wildman–Crippen MR) is 64.8 cm³/mol. The lowest BCUT2D eigenvalue weighted by Crippen LogP contribution is -2.01. The van der Waals surface area contributed by atoms with Crippen LogP contribution in [-0.4, -0.2) is 6.21 Å². The van der Waals surface area contributed by atoms with E-state index in [9.17, 15) is 0 Å². The van der Waals surface area contributed by atoms with Gasteiger partial charge in [0.15, 0.2) is 0 Å². The third kappa shape index (κ3) is 3.73. The molecule has 78 valence electrons. The molecule has 0 amide bonds. The first-order chi connectivity index (χ1) is 6.54. The van der Waals surface area contributed by atoms with E-state index in [1.165, 1.54) is 17.4 Å². The Labute approximate surface area is 87.7 Å². The molecule has 0 heterocycles. The highest BCUT2D eigenvalue weighted by atomic mass is 14.3. The summed E-state index contributed by atoms with van der Waals surface area (Å²) in [5.74, 6) is 0.960. The molecule has 0 saturated heterocycles. The van der Waals surface area contributed by atoms with Crippen molar-refractivity contribution in [3.8, 4) is 0 Å². The van der Waals surface area contributed by atoms with Gasteiger partial charge in [-0.1, -0.05) is 46.4 Å². The van der Waals surface area contributed by atoms with Gasteiger partial charge >= 0.3 is 0 Å². The maximum atomic E-state index is 6.98. The van der Waals surface area contributed by atoms with E-state index in [0.717, 1.165) is 0 Å². The fourth-order valence-corrected chi connectivity index (χ4v) is 1.46. The van der Waals surface area contributed by atoms with E-state index >= 15 is 0 Å². The fourth-order valence-electron chi connectivity index (χ4n) is 1.46. The third-order valence-electron chi connectivity index (χ3n) is 2.17. The second-order valence-electron chi connectivity index (χ2n) is 3.95. The molecule has 1 heteroatoms. The highest BCUT2D eigenvalue weighted by Gasteiger charge is 2.08. The van der Waals surface area contributed by atoms with Crippen LogP contribution >= 0.6 is 0 Å². The van der Waals surface area contributed by atoms with Gasteiger partial charge in [0.25, 0.3) is 0 Å². The summed E-state index contributed by atoms with van der Waals surface area (Å²) in [6.45, 7) is 12.5. The summed E-state index contributed by atoms with van der Waals surface area (Å²) in [5.41, 5.74) is 2.55. The summed E-state index contributed by atoms with van der Waals surface area (Å²) >= 11 is 0. The molecular formula is C13H21N. The Morgan fingerprint density at radius 2 is 1.57 bits per heavy atom. The Kier molecular flexibility index (Phi) is 5.86. The van der Waals surface area contributed by atoms with E-state index in [1.807, 2.05) is 12.2 Å². The molecule has 14 heavy (non-hydrogen) atoms. The lowest BCUT2D eigenvalue weighted by atomic mass is 9.90. The molecule has 0 fully saturated rings. The van der Waals surface area contributed by atoms with Crippen molar-refractivity contribution in [3.05, 3.63) is 36.0 Å². The van der Waals surface area contributed by atoms with E-state index in [-0.39, 0.29) is 0 Å². The van der Waals surface area contributed by atoms with Gasteiger partial charge in [-0.3, -0.25) is 0 Å². The highest BCUT2D eigenvalue weighted by Crippen LogP contribution is 2.23. The first kappa shape index (κ1) is 12.9. The Bertz CT molecular complexity index is 254. The Morgan fingerprint density at radius 1 is 1.07 bits per heavy atom. The molecule has 0 spiro atoms. The number of hydrogen-bond acceptors (Lipinski definition) is 1. The highest BCUT2D eigenvalue weighted by molar-refractivity contribution is 5.68. The molecule has 0 bridgehead atoms. The van der Waals surface area contributed by atoms with Crippen LogP contribution in [0.25, 0.3) is 0 Å². The van der Waals surface area contributed by atoms with Gasteiger partial charge in [0, 0.05) is 6.21 Å². The molecule has 0 aromatic rings. The summed E-state index contributed by atoms with van der Waals surface area (Å²) in [6.07, 6.45) is 7.01. The van der Waals surface area contributed by atoms with Crippen molar-refractivity contribution in [1.29, 1.82) is 5.41 Å². The lowest BCUT2D eigenvalue weighted by Gasteiger charge is -2.15. The Morgan fingerprint density at radius 3 is 1.86 bits per heavy atom. The molecule has 0 aliphatic rings. The Hall–Kier alpha value is -1.11. The van der Waals surface area contributed by atoms with Crippen LogP contribution in [-0.2, 0) is 0 Å². The van der Waals surface area contributed by atoms with Crippen molar-refractivity contribution in [2.75, 3.05) is 0 Å². The van der Waals surface area contributed by atoms with Crippen molar-refractivity contribution >= 4 is 6.21 Å². The summed E-state index contributed by atoms with van der Waals surface area (Å²) in [7, 11) is 0. The summed E-state index contributed by atoms with van der Waals surface area (Å²) in [6, 6.07) is 0. The fraction of sp³-hybridized carbons (Fsp3) is 0.462. The predicted octanol–water partition coefficient (Wildman–Crippen LogP) is 3.99. The van der Waals surface area contributed by atoms with Crippen LogP contribution in [0, 0.1) is 17.2 Å². The summed E-state index contributed by atoms with van der Waals surface area (Å²) < 4.78 is 0. The van der Waals surface area contributed by atoms with E-state index < -0.39 is 0 Å². The second-order valence-corrected chi connectivity index (χ2v) is 3.95. The van der Waals surface area contributed by atoms with Gasteiger partial charge < -0.3 is 5.41 Å². The minimum atomic E-state index is 0.474. The molecular weight excluding hydrogens is 170 g/mol. The molecule has 0 radical (unpaired) electrons. The van der Waals surface area contributed by atoms with Gasteiger partial charge in [-0.2, -0.15) is 0 Å². The Balaban J connectivity index is 5.19. The third-order valence-corrected chi connectivity index (χ3v) is 2.17. The summed E-state index contributed by atoms with van der Waals surface area (Å²) in [5, 5.41) is 6.98. The van der Waals surface area contributed by atoms with Crippen molar-refractivity contribution in [2.45, 2.75) is 27.7 Å². The molecule has 0 aromatic heterocycles. The average molecular weight is 191 g/mol. The van der Waals surface area contributed by atoms with E-state index in [1.54, 1.807) is 6.08 Å². The quantitative estimate of drug-likeness (QED) is 0.502. The van der Waals surface area contributed by atoms with Crippen molar-refractivity contribution < 1.29 is 0 Å². The molecule has 0 atom stereocenters. The normalized spacial score (nSPS) is 13.6. The molecule has 0 unspecified atom stereocenters. The van der Waals surface area contributed by atoms with Crippen LogP contribution in [0.15, 0.2) is 36.0 Å². The SMILES string of the molecule is C=C/C(=C(\C=C/C=N)C(C)C)C(C)C. The van der Waals surface area contributed by atoms with Gasteiger partial charge in [-0.25, -0.2) is 0 Å². The standard InChI is InChI=1S/C13H21N/c1-6-12(10(2)3)13(11(4)5)8-7-9-14/h6-11,14H,1H2,2-5H3/b8-7-,13-12-,14-9?. The van der Waals surface area contributed by atoms with E-state index in [0.29, 0.717) is 11.8 Å². The van der Waals surface area contributed by atoms with Gasteiger partial charge in [-0.15, -0.1) is 0 Å². The first-order valence-electron chi connectivity index (χ1n) is 5.08. The molecule has 1 nitrogen and oxygen atoms in total. The topological polar surface area (TPSA) is 23.9 Å². The van der Waals surface area contributed by atoms with Crippen LogP contribution in [0.3, 0.4) is 0 Å². The number of hydrogen-bond donors (Lipinski definition) is 1. The maximum absolute atomic E-state index is 6.98. The average Bonchev–Trinajstić information content (AvgIpc) is 2.10. The van der Waals surface area contributed by atoms with Crippen molar-refractivity contribution in [3.63, 3.8) is 0 Å². The van der Waals surface area contributed by atoms with Gasteiger partial charge in [0.1, 0.15) is 0 Å². The number of allylic oxidation sites excluding steroid dienone is 5.